The van der Waals surface area contributed by atoms with Gasteiger partial charge in [0.2, 0.25) is 10.0 Å². The maximum absolute atomic E-state index is 13.0. The summed E-state index contributed by atoms with van der Waals surface area (Å²) in [5.74, 6) is -0.566. The van der Waals surface area contributed by atoms with E-state index in [0.29, 0.717) is 22.7 Å². The van der Waals surface area contributed by atoms with E-state index in [4.69, 9.17) is 4.74 Å². The molecule has 0 unspecified atom stereocenters. The number of sulfonamides is 1. The number of nitrogens with one attached hydrogen (secondary N) is 2. The van der Waals surface area contributed by atoms with Gasteiger partial charge >= 0.3 is 0 Å². The van der Waals surface area contributed by atoms with Gasteiger partial charge in [-0.25, -0.2) is 8.42 Å². The van der Waals surface area contributed by atoms with Crippen molar-refractivity contribution in [2.75, 3.05) is 22.4 Å². The zero-order valence-electron chi connectivity index (χ0n) is 18.2. The number of aryl methyl sites for hydroxylation is 1. The van der Waals surface area contributed by atoms with Crippen molar-refractivity contribution in [2.45, 2.75) is 39.3 Å². The number of carbonyl (C=O) groups is 2. The van der Waals surface area contributed by atoms with Gasteiger partial charge in [0, 0.05) is 5.54 Å². The molecule has 0 fully saturated rings. The van der Waals surface area contributed by atoms with Crippen molar-refractivity contribution in [2.24, 2.45) is 0 Å². The molecule has 0 saturated heterocycles. The lowest BCUT2D eigenvalue weighted by atomic mass is 10.1. The van der Waals surface area contributed by atoms with E-state index in [1.54, 1.807) is 42.5 Å². The minimum absolute atomic E-state index is 0.169. The van der Waals surface area contributed by atoms with E-state index in [1.165, 1.54) is 4.31 Å². The standard InChI is InChI=1S/C22H27N3O5S/c1-14-10-11-18-17(12-14)25(31(5,28)29)13-19(30-18)21(27)23-16-9-7-6-8-15(16)20(26)24-22(2,3)4/h6-12,19H,13H2,1-5H3,(H,23,27)(H,24,26)/t19-/m0/s1. The first-order valence-electron chi connectivity index (χ1n) is 9.82. The molecular formula is C22H27N3O5S. The quantitative estimate of drug-likeness (QED) is 0.753. The molecule has 0 bridgehead atoms. The zero-order chi connectivity index (χ0) is 23.0. The molecule has 2 aromatic rings. The highest BCUT2D eigenvalue weighted by Gasteiger charge is 2.35. The van der Waals surface area contributed by atoms with Crippen molar-refractivity contribution < 1.29 is 22.7 Å². The predicted octanol–water partition coefficient (Wildman–Crippen LogP) is 2.69. The molecule has 1 heterocycles. The average Bonchev–Trinajstić information content (AvgIpc) is 2.65. The van der Waals surface area contributed by atoms with Gasteiger partial charge in [0.15, 0.2) is 6.10 Å². The van der Waals surface area contributed by atoms with Gasteiger partial charge in [-0.1, -0.05) is 18.2 Å². The van der Waals surface area contributed by atoms with Crippen LogP contribution in [0, 0.1) is 6.92 Å². The first-order chi connectivity index (χ1) is 14.3. The zero-order valence-corrected chi connectivity index (χ0v) is 19.0. The van der Waals surface area contributed by atoms with Crippen molar-refractivity contribution in [1.82, 2.24) is 5.32 Å². The predicted molar refractivity (Wildman–Crippen MR) is 120 cm³/mol. The maximum Gasteiger partial charge on any atom is 0.267 e. The van der Waals surface area contributed by atoms with Crippen molar-refractivity contribution in [3.8, 4) is 5.75 Å². The molecule has 1 aliphatic heterocycles. The molecule has 8 nitrogen and oxygen atoms in total. The number of amides is 2. The Morgan fingerprint density at radius 1 is 1.13 bits per heavy atom. The molecule has 1 atom stereocenters. The van der Waals surface area contributed by atoms with Crippen LogP contribution >= 0.6 is 0 Å². The summed E-state index contributed by atoms with van der Waals surface area (Å²) in [7, 11) is -3.63. The van der Waals surface area contributed by atoms with E-state index < -0.39 is 27.6 Å². The average molecular weight is 446 g/mol. The molecule has 0 saturated carbocycles. The molecule has 0 spiro atoms. The van der Waals surface area contributed by atoms with Crippen LogP contribution in [-0.2, 0) is 14.8 Å². The Morgan fingerprint density at radius 2 is 1.81 bits per heavy atom. The largest absolute Gasteiger partial charge is 0.476 e. The number of benzene rings is 2. The summed E-state index contributed by atoms with van der Waals surface area (Å²) in [6.07, 6.45) is 0.00888. The van der Waals surface area contributed by atoms with Crippen LogP contribution in [0.1, 0.15) is 36.7 Å². The van der Waals surface area contributed by atoms with Gasteiger partial charge in [-0.3, -0.25) is 13.9 Å². The Bertz CT molecular complexity index is 1120. The fraction of sp³-hybridized carbons (Fsp3) is 0.364. The second-order valence-corrected chi connectivity index (χ2v) is 10.5. The van der Waals surface area contributed by atoms with E-state index in [2.05, 4.69) is 10.6 Å². The van der Waals surface area contributed by atoms with Gasteiger partial charge < -0.3 is 15.4 Å². The summed E-state index contributed by atoms with van der Waals surface area (Å²) < 4.78 is 31.7. The van der Waals surface area contributed by atoms with Gasteiger partial charge in [-0.15, -0.1) is 0 Å². The summed E-state index contributed by atoms with van der Waals surface area (Å²) in [5.41, 5.74) is 1.45. The number of hydrogen-bond acceptors (Lipinski definition) is 5. The van der Waals surface area contributed by atoms with E-state index in [-0.39, 0.29) is 12.5 Å². The molecule has 2 N–H and O–H groups in total. The van der Waals surface area contributed by atoms with Crippen LogP contribution in [-0.4, -0.2) is 44.7 Å². The summed E-state index contributed by atoms with van der Waals surface area (Å²) in [4.78, 5) is 25.6. The highest BCUT2D eigenvalue weighted by Crippen LogP contribution is 2.36. The van der Waals surface area contributed by atoms with Gasteiger partial charge in [0.1, 0.15) is 5.75 Å². The lowest BCUT2D eigenvalue weighted by Gasteiger charge is -2.34. The van der Waals surface area contributed by atoms with Crippen molar-refractivity contribution in [3.05, 3.63) is 53.6 Å². The van der Waals surface area contributed by atoms with Crippen LogP contribution in [0.25, 0.3) is 0 Å². The Morgan fingerprint density at radius 3 is 2.45 bits per heavy atom. The molecule has 2 amide bonds. The van der Waals surface area contributed by atoms with Crippen LogP contribution < -0.4 is 19.7 Å². The monoisotopic (exact) mass is 445 g/mol. The van der Waals surface area contributed by atoms with Crippen LogP contribution in [0.3, 0.4) is 0 Å². The second kappa shape index (κ2) is 8.22. The number of carbonyl (C=O) groups excluding carboxylic acids is 2. The lowest BCUT2D eigenvalue weighted by Crippen LogP contribution is -2.48. The van der Waals surface area contributed by atoms with E-state index in [9.17, 15) is 18.0 Å². The van der Waals surface area contributed by atoms with Crippen LogP contribution in [0.2, 0.25) is 0 Å². The molecule has 1 aliphatic rings. The number of para-hydroxylation sites is 1. The third-order valence-electron chi connectivity index (χ3n) is 4.59. The third kappa shape index (κ3) is 5.35. The Balaban J connectivity index is 1.87. The molecule has 0 radical (unpaired) electrons. The summed E-state index contributed by atoms with van der Waals surface area (Å²) >= 11 is 0. The van der Waals surface area contributed by atoms with Gasteiger partial charge in [0.05, 0.1) is 29.7 Å². The minimum atomic E-state index is -3.63. The van der Waals surface area contributed by atoms with Crippen molar-refractivity contribution >= 4 is 33.2 Å². The summed E-state index contributed by atoms with van der Waals surface area (Å²) in [6.45, 7) is 7.26. The van der Waals surface area contributed by atoms with E-state index in [1.807, 2.05) is 27.7 Å². The smallest absolute Gasteiger partial charge is 0.267 e. The number of fused-ring (bicyclic) bond motifs is 1. The number of rotatable bonds is 4. The van der Waals surface area contributed by atoms with E-state index >= 15 is 0 Å². The highest BCUT2D eigenvalue weighted by atomic mass is 32.2. The highest BCUT2D eigenvalue weighted by molar-refractivity contribution is 7.92. The van der Waals surface area contributed by atoms with Gasteiger partial charge in [-0.2, -0.15) is 0 Å². The Hall–Kier alpha value is -3.07. The van der Waals surface area contributed by atoms with Gasteiger partial charge in [0.25, 0.3) is 11.8 Å². The van der Waals surface area contributed by atoms with E-state index in [0.717, 1.165) is 11.8 Å². The van der Waals surface area contributed by atoms with Crippen LogP contribution in [0.15, 0.2) is 42.5 Å². The first kappa shape index (κ1) is 22.6. The molecule has 31 heavy (non-hydrogen) atoms. The molecular weight excluding hydrogens is 418 g/mol. The second-order valence-electron chi connectivity index (χ2n) is 8.61. The number of hydrogen-bond donors (Lipinski definition) is 2. The molecule has 0 aromatic heterocycles. The number of anilines is 2. The summed E-state index contributed by atoms with van der Waals surface area (Å²) in [6, 6.07) is 11.8. The SMILES string of the molecule is Cc1ccc2c(c1)N(S(C)(=O)=O)C[C@@H](C(=O)Nc1ccccc1C(=O)NC(C)(C)C)O2. The molecule has 2 aromatic carbocycles. The van der Waals surface area contributed by atoms with Crippen LogP contribution in [0.5, 0.6) is 5.75 Å². The molecule has 9 heteroatoms. The molecule has 3 rings (SSSR count). The minimum Gasteiger partial charge on any atom is -0.476 e. The topological polar surface area (TPSA) is 105 Å². The van der Waals surface area contributed by atoms with Crippen molar-refractivity contribution in [3.63, 3.8) is 0 Å². The van der Waals surface area contributed by atoms with Gasteiger partial charge in [-0.05, 0) is 57.5 Å². The normalized spacial score (nSPS) is 16.2. The van der Waals surface area contributed by atoms with Crippen LogP contribution in [0.4, 0.5) is 11.4 Å². The fourth-order valence-electron chi connectivity index (χ4n) is 3.22. The summed E-state index contributed by atoms with van der Waals surface area (Å²) in [5, 5.41) is 5.58. The lowest BCUT2D eigenvalue weighted by molar-refractivity contribution is -0.122. The maximum atomic E-state index is 13.0. The van der Waals surface area contributed by atoms with Crippen molar-refractivity contribution in [1.29, 1.82) is 0 Å². The first-order valence-corrected chi connectivity index (χ1v) is 11.7. The number of nitrogens with zero attached hydrogens (tertiary/aromatic N) is 1. The number of ether oxygens (including phenoxy) is 1. The molecule has 166 valence electrons. The molecule has 0 aliphatic carbocycles. The fourth-order valence-corrected chi connectivity index (χ4v) is 4.13. The third-order valence-corrected chi connectivity index (χ3v) is 5.74. The Kier molecular flexibility index (Phi) is 6.00. The Labute approximate surface area is 182 Å².